The summed E-state index contributed by atoms with van der Waals surface area (Å²) in [4.78, 5) is 42.9. The number of carbonyl (C=O) groups excluding carboxylic acids is 1. The van der Waals surface area contributed by atoms with Gasteiger partial charge < -0.3 is 5.32 Å². The first-order chi connectivity index (χ1) is 11.9. The second-order valence-electron chi connectivity index (χ2n) is 6.18. The van der Waals surface area contributed by atoms with E-state index >= 15 is 0 Å². The summed E-state index contributed by atoms with van der Waals surface area (Å²) in [5, 5.41) is 3.51. The van der Waals surface area contributed by atoms with E-state index in [1.165, 1.54) is 20.5 Å². The van der Waals surface area contributed by atoms with Gasteiger partial charge in [-0.15, -0.1) is 11.3 Å². The molecular formula is C17H20N4O3S. The zero-order chi connectivity index (χ0) is 18.1. The monoisotopic (exact) mass is 360 g/mol. The zero-order valence-corrected chi connectivity index (χ0v) is 15.2. The summed E-state index contributed by atoms with van der Waals surface area (Å²) in [7, 11) is 0. The summed E-state index contributed by atoms with van der Waals surface area (Å²) >= 11 is 1.26. The Bertz CT molecular complexity index is 1060. The van der Waals surface area contributed by atoms with Crippen LogP contribution >= 0.6 is 11.3 Å². The summed E-state index contributed by atoms with van der Waals surface area (Å²) < 4.78 is 3.06. The first-order valence-corrected chi connectivity index (χ1v) is 9.06. The molecule has 0 spiro atoms. The van der Waals surface area contributed by atoms with Crippen LogP contribution in [0.2, 0.25) is 0 Å². The highest BCUT2D eigenvalue weighted by Crippen LogP contribution is 2.29. The van der Waals surface area contributed by atoms with Crippen LogP contribution in [0.25, 0.3) is 20.4 Å². The van der Waals surface area contributed by atoms with Gasteiger partial charge in [0.2, 0.25) is 5.91 Å². The number of hydrogen-bond donors (Lipinski definition) is 1. The minimum Gasteiger partial charge on any atom is -0.352 e. The maximum atomic E-state index is 12.9. The van der Waals surface area contributed by atoms with E-state index in [1.54, 1.807) is 12.3 Å². The average molecular weight is 360 g/mol. The lowest BCUT2D eigenvalue weighted by atomic mass is 10.3. The van der Waals surface area contributed by atoms with Crippen LogP contribution in [0.1, 0.15) is 27.2 Å². The third-order valence-corrected chi connectivity index (χ3v) is 4.90. The van der Waals surface area contributed by atoms with Gasteiger partial charge in [0.05, 0.1) is 5.52 Å². The molecular weight excluding hydrogens is 340 g/mol. The molecule has 3 rings (SSSR count). The Morgan fingerprint density at radius 3 is 2.76 bits per heavy atom. The Morgan fingerprint density at radius 2 is 2.08 bits per heavy atom. The highest BCUT2D eigenvalue weighted by Gasteiger charge is 2.20. The van der Waals surface area contributed by atoms with Crippen LogP contribution in [0.3, 0.4) is 0 Å². The van der Waals surface area contributed by atoms with Crippen LogP contribution in [0.4, 0.5) is 0 Å². The van der Waals surface area contributed by atoms with Gasteiger partial charge in [-0.2, -0.15) is 0 Å². The molecule has 1 N–H and O–H groups in total. The van der Waals surface area contributed by atoms with Crippen molar-refractivity contribution in [1.82, 2.24) is 19.4 Å². The lowest BCUT2D eigenvalue weighted by molar-refractivity contribution is -0.122. The molecule has 3 aromatic rings. The third kappa shape index (κ3) is 3.09. The van der Waals surface area contributed by atoms with Crippen molar-refractivity contribution in [3.8, 4) is 0 Å². The summed E-state index contributed by atoms with van der Waals surface area (Å²) in [5.74, 6) is -0.261. The number of carbonyl (C=O) groups is 1. The van der Waals surface area contributed by atoms with Crippen LogP contribution in [-0.4, -0.2) is 26.1 Å². The van der Waals surface area contributed by atoms with Crippen molar-refractivity contribution in [2.45, 2.75) is 46.3 Å². The molecule has 3 heterocycles. The predicted octanol–water partition coefficient (Wildman–Crippen LogP) is 1.71. The van der Waals surface area contributed by atoms with E-state index in [0.717, 1.165) is 5.39 Å². The molecule has 25 heavy (non-hydrogen) atoms. The molecule has 0 fully saturated rings. The Hall–Kier alpha value is -2.48. The summed E-state index contributed by atoms with van der Waals surface area (Å²) in [6, 6.07) is 3.55. The van der Waals surface area contributed by atoms with Gasteiger partial charge in [-0.05, 0) is 32.4 Å². The highest BCUT2D eigenvalue weighted by molar-refractivity contribution is 7.25. The molecule has 132 valence electrons. The standard InChI is InChI=1S/C17H20N4O3S/c1-4-8-20-16(23)14-13(11-6-5-7-18-15(11)25-14)21(17(20)24)9-12(22)19-10(2)3/h5-7,10H,4,8-9H2,1-3H3,(H,19,22). The van der Waals surface area contributed by atoms with Crippen molar-refractivity contribution in [2.24, 2.45) is 0 Å². The molecule has 0 bridgehead atoms. The van der Waals surface area contributed by atoms with Gasteiger partial charge in [0.15, 0.2) is 0 Å². The van der Waals surface area contributed by atoms with Crippen LogP contribution in [0, 0.1) is 0 Å². The van der Waals surface area contributed by atoms with Gasteiger partial charge in [-0.3, -0.25) is 18.7 Å². The maximum absolute atomic E-state index is 12.9. The SMILES string of the molecule is CCCn1c(=O)c2sc3ncccc3c2n(CC(=O)NC(C)C)c1=O. The number of aromatic nitrogens is 3. The van der Waals surface area contributed by atoms with E-state index in [1.807, 2.05) is 26.8 Å². The molecule has 7 nitrogen and oxygen atoms in total. The normalized spacial score (nSPS) is 11.5. The molecule has 8 heteroatoms. The summed E-state index contributed by atoms with van der Waals surface area (Å²) in [6.45, 7) is 5.81. The van der Waals surface area contributed by atoms with Crippen molar-refractivity contribution in [2.75, 3.05) is 0 Å². The number of amides is 1. The Balaban J connectivity index is 2.33. The molecule has 3 aromatic heterocycles. The smallest absolute Gasteiger partial charge is 0.332 e. The minimum atomic E-state index is -0.457. The number of nitrogens with one attached hydrogen (secondary N) is 1. The topological polar surface area (TPSA) is 86.0 Å². The van der Waals surface area contributed by atoms with Crippen LogP contribution < -0.4 is 16.6 Å². The number of nitrogens with zero attached hydrogens (tertiary/aromatic N) is 3. The second-order valence-corrected chi connectivity index (χ2v) is 7.18. The van der Waals surface area contributed by atoms with Gasteiger partial charge >= 0.3 is 5.69 Å². The van der Waals surface area contributed by atoms with Gasteiger partial charge in [0.1, 0.15) is 16.1 Å². The van der Waals surface area contributed by atoms with Gasteiger partial charge in [0.25, 0.3) is 5.56 Å². The van der Waals surface area contributed by atoms with Gasteiger partial charge in [0, 0.05) is 24.2 Å². The summed E-state index contributed by atoms with van der Waals surface area (Å²) in [5.41, 5.74) is -0.276. The lowest BCUT2D eigenvalue weighted by Gasteiger charge is -2.13. The van der Waals surface area contributed by atoms with E-state index < -0.39 is 5.69 Å². The fourth-order valence-electron chi connectivity index (χ4n) is 2.86. The van der Waals surface area contributed by atoms with Crippen molar-refractivity contribution >= 4 is 37.7 Å². The molecule has 0 aromatic carbocycles. The molecule has 0 unspecified atom stereocenters. The molecule has 0 aliphatic heterocycles. The second kappa shape index (κ2) is 6.79. The highest BCUT2D eigenvalue weighted by atomic mass is 32.1. The molecule has 0 atom stereocenters. The molecule has 0 radical (unpaired) electrons. The number of thiophene rings is 1. The third-order valence-electron chi connectivity index (χ3n) is 3.81. The fourth-order valence-corrected chi connectivity index (χ4v) is 3.96. The van der Waals surface area contributed by atoms with Crippen molar-refractivity contribution in [3.05, 3.63) is 39.2 Å². The van der Waals surface area contributed by atoms with E-state index in [-0.39, 0.29) is 24.1 Å². The number of pyridine rings is 1. The van der Waals surface area contributed by atoms with Crippen LogP contribution in [0.15, 0.2) is 27.9 Å². The lowest BCUT2D eigenvalue weighted by Crippen LogP contribution is -2.43. The molecule has 0 aliphatic rings. The Kier molecular flexibility index (Phi) is 4.71. The van der Waals surface area contributed by atoms with Crippen molar-refractivity contribution < 1.29 is 4.79 Å². The molecule has 1 amide bonds. The van der Waals surface area contributed by atoms with Gasteiger partial charge in [-0.1, -0.05) is 6.92 Å². The minimum absolute atomic E-state index is 0.0267. The van der Waals surface area contributed by atoms with E-state index in [0.29, 0.717) is 28.0 Å². The Morgan fingerprint density at radius 1 is 1.32 bits per heavy atom. The number of fused-ring (bicyclic) bond motifs is 3. The Labute approximate surface area is 147 Å². The first-order valence-electron chi connectivity index (χ1n) is 8.24. The average Bonchev–Trinajstić information content (AvgIpc) is 2.94. The molecule has 0 aliphatic carbocycles. The number of rotatable bonds is 5. The van der Waals surface area contributed by atoms with Gasteiger partial charge in [-0.25, -0.2) is 9.78 Å². The van der Waals surface area contributed by atoms with Crippen LogP contribution in [0.5, 0.6) is 0 Å². The molecule has 0 saturated heterocycles. The van der Waals surface area contributed by atoms with Crippen molar-refractivity contribution in [3.63, 3.8) is 0 Å². The van der Waals surface area contributed by atoms with E-state index in [4.69, 9.17) is 0 Å². The molecule has 0 saturated carbocycles. The maximum Gasteiger partial charge on any atom is 0.332 e. The van der Waals surface area contributed by atoms with E-state index in [9.17, 15) is 14.4 Å². The number of hydrogen-bond acceptors (Lipinski definition) is 5. The quantitative estimate of drug-likeness (QED) is 0.750. The van der Waals surface area contributed by atoms with E-state index in [2.05, 4.69) is 10.3 Å². The van der Waals surface area contributed by atoms with Crippen molar-refractivity contribution in [1.29, 1.82) is 0 Å². The predicted molar refractivity (Wildman–Crippen MR) is 99.2 cm³/mol. The first kappa shape index (κ1) is 17.3. The fraction of sp³-hybridized carbons (Fsp3) is 0.412. The zero-order valence-electron chi connectivity index (χ0n) is 14.4. The largest absolute Gasteiger partial charge is 0.352 e. The van der Waals surface area contributed by atoms with Crippen LogP contribution in [-0.2, 0) is 17.9 Å². The summed E-state index contributed by atoms with van der Waals surface area (Å²) in [6.07, 6.45) is 2.30.